The number of carbonyl (C=O) groups excluding carboxylic acids is 1. The Morgan fingerprint density at radius 2 is 2.29 bits per heavy atom. The van der Waals surface area contributed by atoms with Gasteiger partial charge in [0, 0.05) is 16.6 Å². The number of amides is 1. The highest BCUT2D eigenvalue weighted by molar-refractivity contribution is 9.10. The van der Waals surface area contributed by atoms with E-state index in [-0.39, 0.29) is 12.5 Å². The zero-order valence-corrected chi connectivity index (χ0v) is 13.3. The molecule has 1 aromatic carbocycles. The Labute approximate surface area is 130 Å². The van der Waals surface area contributed by atoms with Crippen LogP contribution < -0.4 is 4.74 Å². The van der Waals surface area contributed by atoms with Gasteiger partial charge in [0.05, 0.1) is 13.2 Å². The van der Waals surface area contributed by atoms with Gasteiger partial charge in [-0.3, -0.25) is 4.79 Å². The fourth-order valence-corrected chi connectivity index (χ4v) is 2.88. The summed E-state index contributed by atoms with van der Waals surface area (Å²) in [7, 11) is 1.50. The first-order valence-electron chi connectivity index (χ1n) is 6.46. The van der Waals surface area contributed by atoms with Gasteiger partial charge in [0.25, 0.3) is 0 Å². The minimum absolute atomic E-state index is 0.225. The summed E-state index contributed by atoms with van der Waals surface area (Å²) in [4.78, 5) is 25.0. The first-order chi connectivity index (χ1) is 9.99. The number of carbonyl (C=O) groups is 2. The molecule has 6 nitrogen and oxygen atoms in total. The number of hydrogen-bond donors (Lipinski definition) is 1. The number of benzene rings is 1. The molecule has 1 fully saturated rings. The largest absolute Gasteiger partial charge is 0.496 e. The van der Waals surface area contributed by atoms with Crippen molar-refractivity contribution in [2.45, 2.75) is 19.1 Å². The lowest BCUT2D eigenvalue weighted by molar-refractivity contribution is -0.172. The van der Waals surface area contributed by atoms with Gasteiger partial charge in [0.2, 0.25) is 5.91 Å². The number of carboxylic acid groups (broad SMARTS) is 1. The summed E-state index contributed by atoms with van der Waals surface area (Å²) in [5.41, 5.74) is 0.606. The van der Waals surface area contributed by atoms with Crippen molar-refractivity contribution in [3.8, 4) is 5.75 Å². The summed E-state index contributed by atoms with van der Waals surface area (Å²) in [6, 6.07) is 4.55. The monoisotopic (exact) mass is 357 g/mol. The summed E-state index contributed by atoms with van der Waals surface area (Å²) in [6.07, 6.45) is -1.12. The van der Waals surface area contributed by atoms with E-state index in [1.54, 1.807) is 25.1 Å². The number of nitrogens with zero attached hydrogens (tertiary/aromatic N) is 1. The number of likely N-dealkylation sites (N-methyl/N-ethyl adjacent to an activating group) is 1. The molecule has 21 heavy (non-hydrogen) atoms. The summed E-state index contributed by atoms with van der Waals surface area (Å²) >= 11 is 3.36. The van der Waals surface area contributed by atoms with Crippen LogP contribution in [0.2, 0.25) is 0 Å². The van der Waals surface area contributed by atoms with Gasteiger partial charge in [0.15, 0.2) is 6.10 Å². The third-order valence-corrected chi connectivity index (χ3v) is 3.92. The van der Waals surface area contributed by atoms with Crippen LogP contribution in [0.4, 0.5) is 0 Å². The molecule has 1 aliphatic heterocycles. The first kappa shape index (κ1) is 15.8. The van der Waals surface area contributed by atoms with Crippen LogP contribution in [0.1, 0.15) is 18.5 Å². The second kappa shape index (κ2) is 6.44. The molecule has 0 saturated carbocycles. The Morgan fingerprint density at radius 1 is 1.57 bits per heavy atom. The van der Waals surface area contributed by atoms with Gasteiger partial charge in [0.1, 0.15) is 12.4 Å². The van der Waals surface area contributed by atoms with Gasteiger partial charge in [-0.25, -0.2) is 4.79 Å². The summed E-state index contributed by atoms with van der Waals surface area (Å²) in [5, 5.41) is 9.39. The van der Waals surface area contributed by atoms with E-state index in [1.165, 1.54) is 12.0 Å². The van der Waals surface area contributed by atoms with Crippen molar-refractivity contribution in [1.82, 2.24) is 4.90 Å². The highest BCUT2D eigenvalue weighted by atomic mass is 79.9. The fourth-order valence-electron chi connectivity index (χ4n) is 2.50. The van der Waals surface area contributed by atoms with Crippen molar-refractivity contribution in [3.05, 3.63) is 28.2 Å². The van der Waals surface area contributed by atoms with Crippen molar-refractivity contribution in [1.29, 1.82) is 0 Å². The standard InChI is InChI=1S/C14H16BrNO5/c1-3-16-11(17)7-21-13(14(18)19)12(16)9-6-8(15)4-5-10(9)20-2/h4-6,12-13H,3,7H2,1-2H3,(H,18,19). The average Bonchev–Trinajstić information content (AvgIpc) is 2.46. The highest BCUT2D eigenvalue weighted by Crippen LogP contribution is 2.37. The van der Waals surface area contributed by atoms with E-state index in [0.29, 0.717) is 17.9 Å². The number of hydrogen-bond acceptors (Lipinski definition) is 4. The summed E-state index contributed by atoms with van der Waals surface area (Å²) in [6.45, 7) is 1.98. The van der Waals surface area contributed by atoms with Gasteiger partial charge < -0.3 is 19.5 Å². The van der Waals surface area contributed by atoms with Crippen LogP contribution in [0.25, 0.3) is 0 Å². The van der Waals surface area contributed by atoms with Crippen molar-refractivity contribution >= 4 is 27.8 Å². The minimum Gasteiger partial charge on any atom is -0.496 e. The molecule has 2 rings (SSSR count). The van der Waals surface area contributed by atoms with Crippen LogP contribution in [0.5, 0.6) is 5.75 Å². The Bertz CT molecular complexity index is 560. The van der Waals surface area contributed by atoms with Gasteiger partial charge in [-0.15, -0.1) is 0 Å². The molecular weight excluding hydrogens is 342 g/mol. The van der Waals surface area contributed by atoms with E-state index in [9.17, 15) is 14.7 Å². The molecule has 1 amide bonds. The topological polar surface area (TPSA) is 76.1 Å². The van der Waals surface area contributed by atoms with Crippen molar-refractivity contribution in [3.63, 3.8) is 0 Å². The molecular formula is C14H16BrNO5. The quantitative estimate of drug-likeness (QED) is 0.889. The molecule has 1 heterocycles. The SMILES string of the molecule is CCN1C(=O)COC(C(=O)O)C1c1cc(Br)ccc1OC. The van der Waals surface area contributed by atoms with Crippen molar-refractivity contribution < 1.29 is 24.2 Å². The van der Waals surface area contributed by atoms with Crippen LogP contribution in [-0.2, 0) is 14.3 Å². The molecule has 1 saturated heterocycles. The maximum atomic E-state index is 12.0. The lowest BCUT2D eigenvalue weighted by Gasteiger charge is -2.39. The molecule has 0 aliphatic carbocycles. The van der Waals surface area contributed by atoms with E-state index in [2.05, 4.69) is 15.9 Å². The zero-order chi connectivity index (χ0) is 15.6. The lowest BCUT2D eigenvalue weighted by atomic mass is 9.96. The van der Waals surface area contributed by atoms with E-state index in [1.807, 2.05) is 0 Å². The van der Waals surface area contributed by atoms with Gasteiger partial charge >= 0.3 is 5.97 Å². The van der Waals surface area contributed by atoms with E-state index in [4.69, 9.17) is 9.47 Å². The van der Waals surface area contributed by atoms with Crippen LogP contribution in [0.3, 0.4) is 0 Å². The normalized spacial score (nSPS) is 22.2. The fraction of sp³-hybridized carbons (Fsp3) is 0.429. The molecule has 0 bridgehead atoms. The molecule has 114 valence electrons. The third-order valence-electron chi connectivity index (χ3n) is 3.42. The maximum absolute atomic E-state index is 12.0. The smallest absolute Gasteiger partial charge is 0.335 e. The van der Waals surface area contributed by atoms with Crippen LogP contribution in [0, 0.1) is 0 Å². The number of carboxylic acids is 1. The molecule has 1 N–H and O–H groups in total. The van der Waals surface area contributed by atoms with Gasteiger partial charge in [-0.2, -0.15) is 0 Å². The number of ether oxygens (including phenoxy) is 2. The number of methoxy groups -OCH3 is 1. The molecule has 1 aliphatic rings. The van der Waals surface area contributed by atoms with Crippen molar-refractivity contribution in [2.24, 2.45) is 0 Å². The lowest BCUT2D eigenvalue weighted by Crippen LogP contribution is -2.51. The molecule has 7 heteroatoms. The number of aliphatic carboxylic acids is 1. The molecule has 0 aromatic heterocycles. The number of halogens is 1. The predicted molar refractivity (Wildman–Crippen MR) is 78.2 cm³/mol. The first-order valence-corrected chi connectivity index (χ1v) is 7.26. The Kier molecular flexibility index (Phi) is 4.84. The molecule has 1 aromatic rings. The predicted octanol–water partition coefficient (Wildman–Crippen LogP) is 1.83. The molecule has 2 atom stereocenters. The molecule has 0 radical (unpaired) electrons. The zero-order valence-electron chi connectivity index (χ0n) is 11.7. The number of rotatable bonds is 4. The van der Waals surface area contributed by atoms with Crippen LogP contribution in [0.15, 0.2) is 22.7 Å². The van der Waals surface area contributed by atoms with E-state index < -0.39 is 18.1 Å². The number of morpholine rings is 1. The third kappa shape index (κ3) is 3.03. The Balaban J connectivity index is 2.55. The highest BCUT2D eigenvalue weighted by Gasteiger charge is 2.42. The average molecular weight is 358 g/mol. The van der Waals surface area contributed by atoms with E-state index >= 15 is 0 Å². The van der Waals surface area contributed by atoms with Crippen molar-refractivity contribution in [2.75, 3.05) is 20.3 Å². The van der Waals surface area contributed by atoms with E-state index in [0.717, 1.165) is 4.47 Å². The summed E-state index contributed by atoms with van der Waals surface area (Å²) in [5.74, 6) is -0.818. The van der Waals surface area contributed by atoms with Crippen LogP contribution >= 0.6 is 15.9 Å². The minimum atomic E-state index is -1.12. The maximum Gasteiger partial charge on any atom is 0.335 e. The van der Waals surface area contributed by atoms with Gasteiger partial charge in [-0.05, 0) is 25.1 Å². The molecule has 2 unspecified atom stereocenters. The molecule has 0 spiro atoms. The Morgan fingerprint density at radius 3 is 2.86 bits per heavy atom. The summed E-state index contributed by atoms with van der Waals surface area (Å²) < 4.78 is 11.3. The van der Waals surface area contributed by atoms with Crippen LogP contribution in [-0.4, -0.2) is 48.2 Å². The second-order valence-corrected chi connectivity index (χ2v) is 5.50. The van der Waals surface area contributed by atoms with Gasteiger partial charge in [-0.1, -0.05) is 15.9 Å². The second-order valence-electron chi connectivity index (χ2n) is 4.58. The Hall–Kier alpha value is -1.60.